The Morgan fingerprint density at radius 1 is 1.11 bits per heavy atom. The number of hydrogen-bond acceptors (Lipinski definition) is 4. The lowest BCUT2D eigenvalue weighted by Crippen LogP contribution is -2.28. The average Bonchev–Trinajstić information content (AvgIpc) is 2.31. The van der Waals surface area contributed by atoms with E-state index >= 15 is 0 Å². The van der Waals surface area contributed by atoms with Crippen molar-refractivity contribution in [3.63, 3.8) is 0 Å². The van der Waals surface area contributed by atoms with Gasteiger partial charge in [0.2, 0.25) is 10.0 Å². The van der Waals surface area contributed by atoms with Crippen molar-refractivity contribution >= 4 is 38.3 Å². The molecule has 0 spiro atoms. The Balaban J connectivity index is 2.54. The second kappa shape index (κ2) is 4.46. The fourth-order valence-electron chi connectivity index (χ4n) is 1.39. The fourth-order valence-corrected chi connectivity index (χ4v) is 2.09. The number of benzene rings is 1. The number of alkyl halides is 1. The molecule has 9 heteroatoms. The van der Waals surface area contributed by atoms with Crippen molar-refractivity contribution in [2.75, 3.05) is 9.93 Å². The number of rotatable bonds is 3. The van der Waals surface area contributed by atoms with Crippen LogP contribution in [0.15, 0.2) is 27.8 Å². The Morgan fingerprint density at radius 2 is 1.72 bits per heavy atom. The molecule has 2 rings (SSSR count). The van der Waals surface area contributed by atoms with Crippen molar-refractivity contribution in [1.82, 2.24) is 9.97 Å². The van der Waals surface area contributed by atoms with Gasteiger partial charge in [0.25, 0.3) is 0 Å². The Labute approximate surface area is 106 Å². The molecule has 96 valence electrons. The highest BCUT2D eigenvalue weighted by molar-refractivity contribution is 7.93. The predicted octanol–water partition coefficient (Wildman–Crippen LogP) is 0.154. The van der Waals surface area contributed by atoms with E-state index in [1.165, 1.54) is 18.2 Å². The van der Waals surface area contributed by atoms with Gasteiger partial charge in [-0.15, -0.1) is 11.6 Å². The van der Waals surface area contributed by atoms with Crippen LogP contribution in [0.2, 0.25) is 0 Å². The molecule has 2 aromatic rings. The molecule has 0 atom stereocenters. The number of anilines is 1. The van der Waals surface area contributed by atoms with Gasteiger partial charge in [-0.3, -0.25) is 14.3 Å². The summed E-state index contributed by atoms with van der Waals surface area (Å²) in [4.78, 5) is 26.9. The maximum absolute atomic E-state index is 11.3. The van der Waals surface area contributed by atoms with Gasteiger partial charge in [-0.1, -0.05) is 0 Å². The van der Waals surface area contributed by atoms with E-state index in [0.29, 0.717) is 11.0 Å². The number of fused-ring (bicyclic) bond motifs is 1. The van der Waals surface area contributed by atoms with Gasteiger partial charge >= 0.3 is 11.1 Å². The Morgan fingerprint density at radius 3 is 2.33 bits per heavy atom. The summed E-state index contributed by atoms with van der Waals surface area (Å²) in [6.45, 7) is 0. The number of nitrogens with one attached hydrogen (secondary N) is 3. The van der Waals surface area contributed by atoms with Crippen molar-refractivity contribution in [3.8, 4) is 0 Å². The first kappa shape index (κ1) is 12.7. The number of halogens is 1. The van der Waals surface area contributed by atoms with Crippen molar-refractivity contribution in [2.45, 2.75) is 0 Å². The third kappa shape index (κ3) is 2.54. The zero-order chi connectivity index (χ0) is 13.3. The zero-order valence-electron chi connectivity index (χ0n) is 8.86. The number of hydrogen-bond donors (Lipinski definition) is 3. The molecule has 1 heterocycles. The van der Waals surface area contributed by atoms with Crippen molar-refractivity contribution in [3.05, 3.63) is 38.9 Å². The highest BCUT2D eigenvalue weighted by atomic mass is 35.5. The normalized spacial score (nSPS) is 11.6. The van der Waals surface area contributed by atoms with Crippen LogP contribution in [0.25, 0.3) is 11.0 Å². The molecule has 0 aliphatic rings. The summed E-state index contributed by atoms with van der Waals surface area (Å²) in [5.74, 6) is 0. The van der Waals surface area contributed by atoms with Crippen LogP contribution in [0, 0.1) is 0 Å². The first-order valence-corrected chi connectivity index (χ1v) is 6.93. The quantitative estimate of drug-likeness (QED) is 0.551. The van der Waals surface area contributed by atoms with E-state index in [4.69, 9.17) is 11.6 Å². The van der Waals surface area contributed by atoms with Gasteiger partial charge in [0.15, 0.2) is 0 Å². The predicted molar refractivity (Wildman–Crippen MR) is 68.5 cm³/mol. The van der Waals surface area contributed by atoms with E-state index in [2.05, 4.69) is 14.7 Å². The molecule has 0 saturated carbocycles. The highest BCUT2D eigenvalue weighted by Gasteiger charge is 2.08. The van der Waals surface area contributed by atoms with Gasteiger partial charge in [0, 0.05) is 0 Å². The van der Waals surface area contributed by atoms with Crippen LogP contribution < -0.4 is 15.8 Å². The second-order valence-corrected chi connectivity index (χ2v) is 5.80. The largest absolute Gasteiger partial charge is 0.316 e. The minimum absolute atomic E-state index is 0.242. The van der Waals surface area contributed by atoms with Gasteiger partial charge < -0.3 is 9.97 Å². The molecular weight excluding hydrogens is 282 g/mol. The lowest BCUT2D eigenvalue weighted by molar-refractivity contribution is 0.605. The standard InChI is InChI=1S/C9H8ClN3O4S/c10-4-18(16,17)13-5-1-2-6-7(3-5)12-9(15)8(14)11-6/h1-3,13H,4H2,(H,11,14)(H,12,15). The maximum atomic E-state index is 11.3. The number of aromatic amines is 2. The van der Waals surface area contributed by atoms with Gasteiger partial charge in [-0.05, 0) is 18.2 Å². The molecule has 1 aromatic heterocycles. The molecule has 0 radical (unpaired) electrons. The molecule has 7 nitrogen and oxygen atoms in total. The van der Waals surface area contributed by atoms with Crippen molar-refractivity contribution in [2.24, 2.45) is 0 Å². The lowest BCUT2D eigenvalue weighted by atomic mass is 10.3. The van der Waals surface area contributed by atoms with Crippen LogP contribution in [0.3, 0.4) is 0 Å². The Hall–Kier alpha value is -1.80. The summed E-state index contributed by atoms with van der Waals surface area (Å²) in [7, 11) is -3.61. The maximum Gasteiger partial charge on any atom is 0.314 e. The molecule has 0 aliphatic carbocycles. The molecule has 1 aromatic carbocycles. The van der Waals surface area contributed by atoms with Crippen LogP contribution in [-0.2, 0) is 10.0 Å². The lowest BCUT2D eigenvalue weighted by Gasteiger charge is -2.06. The number of H-pyrrole nitrogens is 2. The van der Waals surface area contributed by atoms with Gasteiger partial charge in [0.1, 0.15) is 5.21 Å². The smallest absolute Gasteiger partial charge is 0.314 e. The SMILES string of the molecule is O=c1[nH]c2ccc(NS(=O)(=O)CCl)cc2[nH]c1=O. The van der Waals surface area contributed by atoms with Crippen LogP contribution >= 0.6 is 11.6 Å². The molecule has 0 unspecified atom stereocenters. The summed E-state index contributed by atoms with van der Waals surface area (Å²) in [5.41, 5.74) is -0.620. The zero-order valence-corrected chi connectivity index (χ0v) is 10.4. The minimum Gasteiger partial charge on any atom is -0.316 e. The van der Waals surface area contributed by atoms with Gasteiger partial charge in [0.05, 0.1) is 16.7 Å². The van der Waals surface area contributed by atoms with Gasteiger partial charge in [-0.25, -0.2) is 8.42 Å². The monoisotopic (exact) mass is 289 g/mol. The molecular formula is C9H8ClN3O4S. The summed E-state index contributed by atoms with van der Waals surface area (Å²) in [5, 5.41) is -0.576. The van der Waals surface area contributed by atoms with E-state index in [1.807, 2.05) is 0 Å². The first-order valence-electron chi connectivity index (χ1n) is 4.74. The van der Waals surface area contributed by atoms with Crippen LogP contribution in [-0.4, -0.2) is 23.6 Å². The van der Waals surface area contributed by atoms with E-state index in [0.717, 1.165) is 0 Å². The Bertz CT molecular complexity index is 808. The van der Waals surface area contributed by atoms with Crippen molar-refractivity contribution in [1.29, 1.82) is 0 Å². The van der Waals surface area contributed by atoms with E-state index in [1.54, 1.807) is 0 Å². The molecule has 0 bridgehead atoms. The number of sulfonamides is 1. The average molecular weight is 290 g/mol. The molecule has 18 heavy (non-hydrogen) atoms. The molecule has 0 amide bonds. The minimum atomic E-state index is -3.61. The molecule has 0 aliphatic heterocycles. The first-order chi connectivity index (χ1) is 8.41. The summed E-state index contributed by atoms with van der Waals surface area (Å²) in [6.07, 6.45) is 0. The van der Waals surface area contributed by atoms with Crippen LogP contribution in [0.5, 0.6) is 0 Å². The number of aromatic nitrogens is 2. The fraction of sp³-hybridized carbons (Fsp3) is 0.111. The molecule has 0 saturated heterocycles. The summed E-state index contributed by atoms with van der Waals surface area (Å²) >= 11 is 5.25. The van der Waals surface area contributed by atoms with Crippen molar-refractivity contribution < 1.29 is 8.42 Å². The second-order valence-electron chi connectivity index (χ2n) is 3.49. The Kier molecular flexibility index (Phi) is 3.14. The third-order valence-corrected chi connectivity index (χ3v) is 3.84. The molecule has 3 N–H and O–H groups in total. The van der Waals surface area contributed by atoms with Gasteiger partial charge in [-0.2, -0.15) is 0 Å². The molecule has 0 fully saturated rings. The third-order valence-electron chi connectivity index (χ3n) is 2.14. The summed E-state index contributed by atoms with van der Waals surface area (Å²) < 4.78 is 24.7. The van der Waals surface area contributed by atoms with E-state index < -0.39 is 26.4 Å². The van der Waals surface area contributed by atoms with E-state index in [9.17, 15) is 18.0 Å². The van der Waals surface area contributed by atoms with Crippen LogP contribution in [0.4, 0.5) is 5.69 Å². The van der Waals surface area contributed by atoms with Crippen LogP contribution in [0.1, 0.15) is 0 Å². The topological polar surface area (TPSA) is 112 Å². The highest BCUT2D eigenvalue weighted by Crippen LogP contribution is 2.15. The summed E-state index contributed by atoms with van der Waals surface area (Å²) in [6, 6.07) is 4.30. The van der Waals surface area contributed by atoms with E-state index in [-0.39, 0.29) is 5.69 Å².